The maximum absolute atomic E-state index is 14.0. The molecule has 2 fully saturated rings. The van der Waals surface area contributed by atoms with E-state index in [2.05, 4.69) is 10.3 Å². The third-order valence-corrected chi connectivity index (χ3v) is 13.1. The van der Waals surface area contributed by atoms with E-state index in [1.165, 1.54) is 45.0 Å². The molecule has 2 saturated heterocycles. The highest BCUT2D eigenvalue weighted by atomic mass is 32.2. The Bertz CT molecular complexity index is 1730. The van der Waals surface area contributed by atoms with E-state index >= 15 is 0 Å². The number of rotatable bonds is 9. The van der Waals surface area contributed by atoms with Gasteiger partial charge < -0.3 is 20.5 Å². The SMILES string of the molecule is CC(C)C(N)C(=O)OCON=C1c2cc(S(=O)(=O)N3C[C@H](C)C[C@H](C)C3)ccc2C(=NO)c2ccc(S(=O)(=O)N3C[C@H](C)C[C@H](C)C3)cc21. The number of hydrogen-bond donors (Lipinski definition) is 2. The summed E-state index contributed by atoms with van der Waals surface area (Å²) < 4.78 is 63.9. The van der Waals surface area contributed by atoms with Crippen molar-refractivity contribution in [2.24, 2.45) is 45.6 Å². The summed E-state index contributed by atoms with van der Waals surface area (Å²) in [6.45, 7) is 12.5. The second kappa shape index (κ2) is 14.5. The zero-order chi connectivity index (χ0) is 35.8. The topological polar surface area (TPSA) is 181 Å². The third-order valence-electron chi connectivity index (χ3n) is 9.45. The second-order valence-corrected chi connectivity index (χ2v) is 18.2. The van der Waals surface area contributed by atoms with Gasteiger partial charge >= 0.3 is 5.97 Å². The van der Waals surface area contributed by atoms with Gasteiger partial charge in [0.05, 0.1) is 9.79 Å². The third kappa shape index (κ3) is 7.55. The molecular weight excluding hydrogens is 671 g/mol. The summed E-state index contributed by atoms with van der Waals surface area (Å²) in [5.41, 5.74) is 7.25. The molecule has 2 aromatic rings. The monoisotopic (exact) mass is 717 g/mol. The highest BCUT2D eigenvalue weighted by molar-refractivity contribution is 7.89. The molecule has 0 saturated carbocycles. The second-order valence-electron chi connectivity index (χ2n) is 14.3. The van der Waals surface area contributed by atoms with Gasteiger partial charge in [-0.1, -0.05) is 64.0 Å². The number of benzene rings is 2. The van der Waals surface area contributed by atoms with Crippen molar-refractivity contribution in [3.05, 3.63) is 58.7 Å². The van der Waals surface area contributed by atoms with E-state index in [1.54, 1.807) is 13.8 Å². The van der Waals surface area contributed by atoms with Crippen LogP contribution in [0, 0.1) is 29.6 Å². The molecule has 1 unspecified atom stereocenters. The van der Waals surface area contributed by atoms with Gasteiger partial charge in [0, 0.05) is 48.4 Å². The summed E-state index contributed by atoms with van der Waals surface area (Å²) >= 11 is 0. The maximum Gasteiger partial charge on any atom is 0.326 e. The van der Waals surface area contributed by atoms with Crippen molar-refractivity contribution in [2.45, 2.75) is 70.2 Å². The Morgan fingerprint density at radius 1 is 0.796 bits per heavy atom. The van der Waals surface area contributed by atoms with Crippen LogP contribution in [-0.4, -0.2) is 87.1 Å². The molecule has 13 nitrogen and oxygen atoms in total. The number of nitrogens with two attached hydrogens (primary N) is 1. The van der Waals surface area contributed by atoms with Crippen molar-refractivity contribution in [2.75, 3.05) is 33.0 Å². The molecule has 0 aromatic heterocycles. The molecule has 3 N–H and O–H groups in total. The summed E-state index contributed by atoms with van der Waals surface area (Å²) in [6, 6.07) is 7.97. The van der Waals surface area contributed by atoms with Gasteiger partial charge in [-0.2, -0.15) is 8.61 Å². The van der Waals surface area contributed by atoms with Gasteiger partial charge in [0.15, 0.2) is 0 Å². The lowest BCUT2D eigenvalue weighted by molar-refractivity contribution is -0.158. The molecule has 49 heavy (non-hydrogen) atoms. The molecule has 0 bridgehead atoms. The first-order valence-electron chi connectivity index (χ1n) is 16.7. The number of hydrogen-bond acceptors (Lipinski definition) is 11. The van der Waals surface area contributed by atoms with Crippen molar-refractivity contribution in [1.82, 2.24) is 8.61 Å². The summed E-state index contributed by atoms with van der Waals surface area (Å²) in [7, 11) is -7.90. The van der Waals surface area contributed by atoms with Gasteiger partial charge in [-0.3, -0.25) is 4.79 Å². The average molecular weight is 718 g/mol. The number of nitrogens with zero attached hydrogens (tertiary/aromatic N) is 4. The molecule has 0 spiro atoms. The molecule has 2 aliphatic heterocycles. The van der Waals surface area contributed by atoms with Crippen molar-refractivity contribution < 1.29 is 36.4 Å². The lowest BCUT2D eigenvalue weighted by Gasteiger charge is -2.34. The van der Waals surface area contributed by atoms with Gasteiger partial charge in [0.1, 0.15) is 17.5 Å². The van der Waals surface area contributed by atoms with E-state index in [4.69, 9.17) is 15.3 Å². The first-order valence-corrected chi connectivity index (χ1v) is 19.6. The van der Waals surface area contributed by atoms with Gasteiger partial charge in [0.25, 0.3) is 6.79 Å². The normalized spacial score (nSPS) is 24.2. The first kappa shape index (κ1) is 36.9. The Morgan fingerprint density at radius 3 is 1.61 bits per heavy atom. The lowest BCUT2D eigenvalue weighted by Crippen LogP contribution is -2.42. The van der Waals surface area contributed by atoms with Crippen LogP contribution in [0.3, 0.4) is 0 Å². The standard InChI is InChI=1S/C34H47N5O8S2/c1-20(2)31(35)34(40)46-19-47-37-33-29-13-25(48(42,43)38-15-21(3)11-22(4)16-38)7-9-27(29)32(36-41)28-10-8-26(14-30(28)33)49(44,45)39-17-23(5)12-24(6)18-39/h7-10,13-14,20-24,31,41H,11-12,15-19,35H2,1-6H3/t21-,22+,23-,24+,31?. The van der Waals surface area contributed by atoms with E-state index in [1.807, 2.05) is 27.7 Å². The fraction of sp³-hybridized carbons (Fsp3) is 0.559. The van der Waals surface area contributed by atoms with Crippen molar-refractivity contribution in [3.63, 3.8) is 0 Å². The number of oxime groups is 2. The molecule has 2 aromatic carbocycles. The van der Waals surface area contributed by atoms with Crippen LogP contribution < -0.4 is 5.73 Å². The smallest absolute Gasteiger partial charge is 0.326 e. The molecule has 268 valence electrons. The van der Waals surface area contributed by atoms with Crippen molar-refractivity contribution in [3.8, 4) is 0 Å². The molecule has 5 rings (SSSR count). The molecule has 15 heteroatoms. The minimum absolute atomic E-state index is 0.00427. The highest BCUT2D eigenvalue weighted by Crippen LogP contribution is 2.35. The van der Waals surface area contributed by atoms with Crippen LogP contribution in [-0.2, 0) is 34.4 Å². The van der Waals surface area contributed by atoms with Crippen LogP contribution in [0.15, 0.2) is 56.5 Å². The Labute approximate surface area is 289 Å². The van der Waals surface area contributed by atoms with Crippen LogP contribution >= 0.6 is 0 Å². The number of piperidine rings is 2. The minimum atomic E-state index is -3.95. The molecular formula is C34H47N5O8S2. The van der Waals surface area contributed by atoms with Gasteiger partial charge in [-0.25, -0.2) is 16.8 Å². The van der Waals surface area contributed by atoms with Crippen LogP contribution in [0.4, 0.5) is 0 Å². The van der Waals surface area contributed by atoms with E-state index in [0.29, 0.717) is 37.3 Å². The lowest BCUT2D eigenvalue weighted by atomic mass is 9.83. The van der Waals surface area contributed by atoms with Gasteiger partial charge in [0.2, 0.25) is 20.0 Å². The average Bonchev–Trinajstić information content (AvgIpc) is 3.04. The molecule has 1 aliphatic carbocycles. The van der Waals surface area contributed by atoms with Crippen LogP contribution in [0.5, 0.6) is 0 Å². The fourth-order valence-electron chi connectivity index (χ4n) is 7.11. The molecule has 5 atom stereocenters. The van der Waals surface area contributed by atoms with Crippen LogP contribution in [0.1, 0.15) is 76.6 Å². The van der Waals surface area contributed by atoms with Crippen LogP contribution in [0.25, 0.3) is 0 Å². The van der Waals surface area contributed by atoms with Gasteiger partial charge in [-0.15, -0.1) is 0 Å². The fourth-order valence-corrected chi connectivity index (χ4v) is 10.5. The summed E-state index contributed by atoms with van der Waals surface area (Å²) in [5.74, 6) is -0.145. The van der Waals surface area contributed by atoms with Crippen LogP contribution in [0.2, 0.25) is 0 Å². The zero-order valence-electron chi connectivity index (χ0n) is 28.9. The Balaban J connectivity index is 1.60. The number of ether oxygens (including phenoxy) is 1. The molecule has 0 amide bonds. The number of sulfonamides is 2. The highest BCUT2D eigenvalue weighted by Gasteiger charge is 2.37. The van der Waals surface area contributed by atoms with Gasteiger partial charge in [-0.05, 0) is 66.7 Å². The maximum atomic E-state index is 14.0. The summed E-state index contributed by atoms with van der Waals surface area (Å²) in [5, 5.41) is 18.0. The quantitative estimate of drug-likeness (QED) is 0.109. The largest absolute Gasteiger partial charge is 0.425 e. The zero-order valence-corrected chi connectivity index (χ0v) is 30.5. The van der Waals surface area contributed by atoms with E-state index in [0.717, 1.165) is 12.8 Å². The molecule has 3 aliphatic rings. The summed E-state index contributed by atoms with van der Waals surface area (Å²) in [4.78, 5) is 17.8. The van der Waals surface area contributed by atoms with E-state index in [9.17, 15) is 26.8 Å². The number of esters is 1. The molecule has 0 radical (unpaired) electrons. The van der Waals surface area contributed by atoms with Crippen molar-refractivity contribution >= 4 is 37.4 Å². The number of fused-ring (bicyclic) bond motifs is 2. The predicted octanol–water partition coefficient (Wildman–Crippen LogP) is 3.81. The number of carbonyl (C=O) groups is 1. The molecule has 2 heterocycles. The Kier molecular flexibility index (Phi) is 10.9. The first-order chi connectivity index (χ1) is 23.0. The van der Waals surface area contributed by atoms with E-state index in [-0.39, 0.29) is 61.9 Å². The Hall–Kier alpha value is -3.37. The summed E-state index contributed by atoms with van der Waals surface area (Å²) in [6.07, 6.45) is 1.84. The van der Waals surface area contributed by atoms with E-state index < -0.39 is 38.9 Å². The number of carbonyl (C=O) groups excluding carboxylic acids is 1. The predicted molar refractivity (Wildman–Crippen MR) is 184 cm³/mol. The minimum Gasteiger partial charge on any atom is -0.425 e. The Morgan fingerprint density at radius 2 is 1.22 bits per heavy atom. The van der Waals surface area contributed by atoms with Crippen molar-refractivity contribution in [1.29, 1.82) is 0 Å².